The lowest BCUT2D eigenvalue weighted by atomic mass is 10.0. The van der Waals surface area contributed by atoms with E-state index >= 15 is 0 Å². The average molecular weight is 380 g/mol. The largest absolute Gasteiger partial charge is 0.484 e. The van der Waals surface area contributed by atoms with E-state index in [-0.39, 0.29) is 18.9 Å². The summed E-state index contributed by atoms with van der Waals surface area (Å²) >= 11 is 0. The van der Waals surface area contributed by atoms with Crippen LogP contribution in [0.4, 0.5) is 0 Å². The van der Waals surface area contributed by atoms with E-state index < -0.39 is 5.91 Å². The van der Waals surface area contributed by atoms with Crippen molar-refractivity contribution >= 4 is 22.8 Å². The number of ether oxygens (including phenoxy) is 1. The van der Waals surface area contributed by atoms with Crippen LogP contribution in [0.1, 0.15) is 27.8 Å². The predicted molar refractivity (Wildman–Crippen MR) is 107 cm³/mol. The Labute approximate surface area is 163 Å². The molecule has 0 saturated carbocycles. The summed E-state index contributed by atoms with van der Waals surface area (Å²) in [6, 6.07) is 9.56. The van der Waals surface area contributed by atoms with Gasteiger partial charge in [0.2, 0.25) is 5.91 Å². The van der Waals surface area contributed by atoms with E-state index in [1.54, 1.807) is 6.26 Å². The molecule has 2 N–H and O–H groups in total. The van der Waals surface area contributed by atoms with E-state index in [2.05, 4.69) is 10.9 Å². The molecule has 1 aromatic heterocycles. The Morgan fingerprint density at radius 1 is 0.929 bits per heavy atom. The normalized spacial score (nSPS) is 10.7. The Bertz CT molecular complexity index is 1040. The molecule has 1 heterocycles. The molecule has 0 spiro atoms. The Kier molecular flexibility index (Phi) is 5.68. The minimum absolute atomic E-state index is 0.105. The summed E-state index contributed by atoms with van der Waals surface area (Å²) in [5.41, 5.74) is 10.8. The van der Waals surface area contributed by atoms with Crippen LogP contribution in [0.2, 0.25) is 0 Å². The van der Waals surface area contributed by atoms with Crippen LogP contribution in [0, 0.1) is 27.7 Å². The molecule has 0 fully saturated rings. The summed E-state index contributed by atoms with van der Waals surface area (Å²) in [5, 5.41) is 0.905. The van der Waals surface area contributed by atoms with Gasteiger partial charge >= 0.3 is 0 Å². The first kappa shape index (κ1) is 19.5. The van der Waals surface area contributed by atoms with Crippen LogP contribution in [0.25, 0.3) is 11.0 Å². The van der Waals surface area contributed by atoms with Gasteiger partial charge in [0.1, 0.15) is 11.3 Å². The van der Waals surface area contributed by atoms with Crippen molar-refractivity contribution in [2.75, 3.05) is 6.61 Å². The number of hydrazine groups is 1. The molecule has 146 valence electrons. The van der Waals surface area contributed by atoms with Gasteiger partial charge in [-0.3, -0.25) is 20.4 Å². The number of carbonyl (C=O) groups is 2. The van der Waals surface area contributed by atoms with E-state index in [4.69, 9.17) is 9.15 Å². The van der Waals surface area contributed by atoms with Crippen molar-refractivity contribution in [3.63, 3.8) is 0 Å². The van der Waals surface area contributed by atoms with Gasteiger partial charge < -0.3 is 9.15 Å². The van der Waals surface area contributed by atoms with Crippen molar-refractivity contribution in [1.82, 2.24) is 10.9 Å². The average Bonchev–Trinajstić information content (AvgIpc) is 3.07. The summed E-state index contributed by atoms with van der Waals surface area (Å²) in [6.07, 6.45) is 1.69. The molecule has 3 aromatic rings. The van der Waals surface area contributed by atoms with Gasteiger partial charge in [-0.2, -0.15) is 0 Å². The van der Waals surface area contributed by atoms with Crippen molar-refractivity contribution in [1.29, 1.82) is 0 Å². The first-order valence-electron chi connectivity index (χ1n) is 9.09. The number of furan rings is 1. The molecular formula is C22H24N2O4. The number of amides is 2. The zero-order chi connectivity index (χ0) is 20.3. The summed E-state index contributed by atoms with van der Waals surface area (Å²) in [4.78, 5) is 24.1. The fourth-order valence-electron chi connectivity index (χ4n) is 2.87. The Morgan fingerprint density at radius 3 is 2.39 bits per heavy atom. The number of aryl methyl sites for hydroxylation is 4. The molecule has 0 aliphatic rings. The van der Waals surface area contributed by atoms with Gasteiger partial charge in [0.25, 0.3) is 5.91 Å². The lowest BCUT2D eigenvalue weighted by molar-refractivity contribution is -0.129. The highest BCUT2D eigenvalue weighted by Crippen LogP contribution is 2.26. The minimum atomic E-state index is -0.435. The molecule has 3 rings (SSSR count). The lowest BCUT2D eigenvalue weighted by Crippen LogP contribution is -2.44. The molecule has 0 unspecified atom stereocenters. The number of fused-ring (bicyclic) bond motifs is 1. The van der Waals surface area contributed by atoms with E-state index in [0.717, 1.165) is 38.8 Å². The van der Waals surface area contributed by atoms with Crippen LogP contribution < -0.4 is 15.6 Å². The Balaban J connectivity index is 1.51. The quantitative estimate of drug-likeness (QED) is 0.665. The van der Waals surface area contributed by atoms with Gasteiger partial charge in [0.05, 0.1) is 12.7 Å². The van der Waals surface area contributed by atoms with Crippen LogP contribution in [-0.4, -0.2) is 18.4 Å². The lowest BCUT2D eigenvalue weighted by Gasteiger charge is -2.10. The van der Waals surface area contributed by atoms with Crippen molar-refractivity contribution in [2.45, 2.75) is 34.1 Å². The smallest absolute Gasteiger partial charge is 0.276 e. The zero-order valence-electron chi connectivity index (χ0n) is 16.5. The van der Waals surface area contributed by atoms with Gasteiger partial charge in [0.15, 0.2) is 6.61 Å². The SMILES string of the molecule is Cc1ccc(OCC(=O)NNC(=O)Cc2coc3c(C)c(C)ccc23)cc1C. The second kappa shape index (κ2) is 8.17. The van der Waals surface area contributed by atoms with Crippen molar-refractivity contribution < 1.29 is 18.7 Å². The maximum atomic E-state index is 12.2. The van der Waals surface area contributed by atoms with Gasteiger partial charge in [-0.05, 0) is 62.1 Å². The molecule has 0 aliphatic carbocycles. The monoisotopic (exact) mass is 380 g/mol. The summed E-state index contributed by atoms with van der Waals surface area (Å²) < 4.78 is 11.1. The third-order valence-electron chi connectivity index (χ3n) is 4.88. The third kappa shape index (κ3) is 4.34. The summed E-state index contributed by atoms with van der Waals surface area (Å²) in [7, 11) is 0. The van der Waals surface area contributed by atoms with Crippen LogP contribution >= 0.6 is 0 Å². The molecule has 0 bridgehead atoms. The molecule has 2 amide bonds. The second-order valence-corrected chi connectivity index (χ2v) is 6.95. The van der Waals surface area contributed by atoms with Gasteiger partial charge in [-0.15, -0.1) is 0 Å². The number of hydrogen-bond acceptors (Lipinski definition) is 4. The molecule has 28 heavy (non-hydrogen) atoms. The molecular weight excluding hydrogens is 356 g/mol. The first-order chi connectivity index (χ1) is 13.3. The van der Waals surface area contributed by atoms with Crippen LogP contribution in [0.15, 0.2) is 41.0 Å². The Morgan fingerprint density at radius 2 is 1.64 bits per heavy atom. The van der Waals surface area contributed by atoms with Crippen LogP contribution in [0.5, 0.6) is 5.75 Å². The molecule has 0 atom stereocenters. The highest BCUT2D eigenvalue weighted by Gasteiger charge is 2.13. The van der Waals surface area contributed by atoms with Crippen LogP contribution in [0.3, 0.4) is 0 Å². The summed E-state index contributed by atoms with van der Waals surface area (Å²) in [5.74, 6) is -0.157. The van der Waals surface area contributed by atoms with E-state index in [9.17, 15) is 9.59 Å². The number of hydrogen-bond donors (Lipinski definition) is 2. The van der Waals surface area contributed by atoms with Gasteiger partial charge in [0, 0.05) is 10.9 Å². The fraction of sp³-hybridized carbons (Fsp3) is 0.273. The fourth-order valence-corrected chi connectivity index (χ4v) is 2.87. The first-order valence-corrected chi connectivity index (χ1v) is 9.09. The highest BCUT2D eigenvalue weighted by molar-refractivity contribution is 5.90. The maximum absolute atomic E-state index is 12.2. The van der Waals surface area contributed by atoms with Crippen molar-refractivity contribution in [2.24, 2.45) is 0 Å². The predicted octanol–water partition coefficient (Wildman–Crippen LogP) is 3.44. The molecule has 6 heteroatoms. The van der Waals surface area contributed by atoms with Crippen LogP contribution in [-0.2, 0) is 16.0 Å². The van der Waals surface area contributed by atoms with Gasteiger partial charge in [-0.25, -0.2) is 0 Å². The molecule has 6 nitrogen and oxygen atoms in total. The third-order valence-corrected chi connectivity index (χ3v) is 4.88. The van der Waals surface area contributed by atoms with Crippen molar-refractivity contribution in [3.05, 3.63) is 64.4 Å². The molecule has 0 saturated heterocycles. The van der Waals surface area contributed by atoms with Crippen molar-refractivity contribution in [3.8, 4) is 5.75 Å². The number of carbonyl (C=O) groups excluding carboxylic acids is 2. The standard InChI is InChI=1S/C22H24N2O4/c1-13-5-7-18(9-15(13)3)27-12-21(26)24-23-20(25)10-17-11-28-22-16(4)14(2)6-8-19(17)22/h5-9,11H,10,12H2,1-4H3,(H,23,25)(H,24,26). The highest BCUT2D eigenvalue weighted by atomic mass is 16.5. The van der Waals surface area contributed by atoms with Gasteiger partial charge in [-0.1, -0.05) is 18.2 Å². The minimum Gasteiger partial charge on any atom is -0.484 e. The van der Waals surface area contributed by atoms with E-state index in [1.807, 2.05) is 58.0 Å². The molecule has 0 radical (unpaired) electrons. The van der Waals surface area contributed by atoms with E-state index in [1.165, 1.54) is 0 Å². The molecule has 2 aromatic carbocycles. The van der Waals surface area contributed by atoms with E-state index in [0.29, 0.717) is 5.75 Å². The number of rotatable bonds is 5. The topological polar surface area (TPSA) is 80.6 Å². The zero-order valence-corrected chi connectivity index (χ0v) is 16.5. The number of benzene rings is 2. The Hall–Kier alpha value is -3.28. The summed E-state index contributed by atoms with van der Waals surface area (Å²) in [6.45, 7) is 7.80. The maximum Gasteiger partial charge on any atom is 0.276 e. The molecule has 0 aliphatic heterocycles. The number of nitrogens with one attached hydrogen (secondary N) is 2. The second-order valence-electron chi connectivity index (χ2n) is 6.95.